The number of fused-ring (bicyclic) bond motifs is 1. The quantitative estimate of drug-likeness (QED) is 0.735. The van der Waals surface area contributed by atoms with Crippen molar-refractivity contribution < 1.29 is 9.21 Å². The van der Waals surface area contributed by atoms with Crippen molar-refractivity contribution >= 4 is 22.6 Å². The van der Waals surface area contributed by atoms with Gasteiger partial charge in [-0.2, -0.15) is 0 Å². The lowest BCUT2D eigenvalue weighted by Gasteiger charge is -2.01. The summed E-state index contributed by atoms with van der Waals surface area (Å²) in [5.41, 5.74) is 14.0. The zero-order valence-electron chi connectivity index (χ0n) is 10.1. The molecule has 2 aromatic carbocycles. The SMILES string of the molecule is NC(=O)c1oc2ccc(-c3ccccc3)cc2c1N. The van der Waals surface area contributed by atoms with E-state index in [-0.39, 0.29) is 5.76 Å². The second kappa shape index (κ2) is 4.17. The third-order valence-electron chi connectivity index (χ3n) is 3.06. The Hall–Kier alpha value is -2.75. The number of benzene rings is 2. The van der Waals surface area contributed by atoms with Gasteiger partial charge in [0, 0.05) is 5.39 Å². The largest absolute Gasteiger partial charge is 0.449 e. The first-order valence-corrected chi connectivity index (χ1v) is 5.84. The van der Waals surface area contributed by atoms with Crippen LogP contribution in [0.25, 0.3) is 22.1 Å². The highest BCUT2D eigenvalue weighted by Crippen LogP contribution is 2.31. The van der Waals surface area contributed by atoms with Crippen LogP contribution in [0.5, 0.6) is 0 Å². The summed E-state index contributed by atoms with van der Waals surface area (Å²) in [6.45, 7) is 0. The summed E-state index contributed by atoms with van der Waals surface area (Å²) < 4.78 is 5.35. The molecule has 0 fully saturated rings. The maximum atomic E-state index is 11.2. The van der Waals surface area contributed by atoms with Gasteiger partial charge in [-0.1, -0.05) is 36.4 Å². The normalized spacial score (nSPS) is 10.7. The van der Waals surface area contributed by atoms with Gasteiger partial charge in [-0.25, -0.2) is 0 Å². The molecule has 0 saturated heterocycles. The van der Waals surface area contributed by atoms with Gasteiger partial charge in [-0.3, -0.25) is 4.79 Å². The van der Waals surface area contributed by atoms with E-state index in [4.69, 9.17) is 15.9 Å². The Morgan fingerprint density at radius 1 is 1.00 bits per heavy atom. The van der Waals surface area contributed by atoms with Gasteiger partial charge in [0.05, 0.1) is 5.69 Å². The number of primary amides is 1. The van der Waals surface area contributed by atoms with Gasteiger partial charge in [0.2, 0.25) is 5.76 Å². The van der Waals surface area contributed by atoms with E-state index in [2.05, 4.69) is 0 Å². The number of furan rings is 1. The number of nitrogen functional groups attached to an aromatic ring is 1. The Bertz CT molecular complexity index is 760. The average Bonchev–Trinajstić information content (AvgIpc) is 2.77. The molecular formula is C15H12N2O2. The maximum absolute atomic E-state index is 11.2. The van der Waals surface area contributed by atoms with Crippen molar-refractivity contribution in [3.63, 3.8) is 0 Å². The molecule has 0 atom stereocenters. The molecule has 0 aliphatic carbocycles. The Morgan fingerprint density at radius 2 is 1.74 bits per heavy atom. The van der Waals surface area contributed by atoms with E-state index < -0.39 is 5.91 Å². The summed E-state index contributed by atoms with van der Waals surface area (Å²) in [7, 11) is 0. The fraction of sp³-hybridized carbons (Fsp3) is 0. The first-order valence-electron chi connectivity index (χ1n) is 5.84. The van der Waals surface area contributed by atoms with E-state index in [1.165, 1.54) is 0 Å². The average molecular weight is 252 g/mol. The number of anilines is 1. The summed E-state index contributed by atoms with van der Waals surface area (Å²) in [4.78, 5) is 11.2. The monoisotopic (exact) mass is 252 g/mol. The lowest BCUT2D eigenvalue weighted by molar-refractivity contribution is 0.0977. The minimum Gasteiger partial charge on any atom is -0.449 e. The van der Waals surface area contributed by atoms with Crippen molar-refractivity contribution in [3.05, 3.63) is 54.3 Å². The Morgan fingerprint density at radius 3 is 2.42 bits per heavy atom. The molecule has 0 unspecified atom stereocenters. The minimum atomic E-state index is -0.657. The number of hydrogen-bond donors (Lipinski definition) is 2. The van der Waals surface area contributed by atoms with Crippen LogP contribution in [-0.4, -0.2) is 5.91 Å². The van der Waals surface area contributed by atoms with E-state index in [0.29, 0.717) is 16.7 Å². The predicted octanol–water partition coefficient (Wildman–Crippen LogP) is 2.78. The molecule has 1 heterocycles. The Kier molecular flexibility index (Phi) is 2.49. The number of carbonyl (C=O) groups is 1. The molecule has 1 aromatic heterocycles. The Labute approximate surface area is 109 Å². The zero-order chi connectivity index (χ0) is 13.4. The number of hydrogen-bond acceptors (Lipinski definition) is 3. The number of rotatable bonds is 2. The molecular weight excluding hydrogens is 240 g/mol. The van der Waals surface area contributed by atoms with Crippen molar-refractivity contribution in [1.29, 1.82) is 0 Å². The lowest BCUT2D eigenvalue weighted by Crippen LogP contribution is -2.11. The molecule has 1 amide bonds. The molecule has 0 bridgehead atoms. The molecule has 19 heavy (non-hydrogen) atoms. The van der Waals surface area contributed by atoms with E-state index >= 15 is 0 Å². The minimum absolute atomic E-state index is 0.0141. The van der Waals surface area contributed by atoms with Gasteiger partial charge in [-0.05, 0) is 23.3 Å². The van der Waals surface area contributed by atoms with Crippen molar-refractivity contribution in [3.8, 4) is 11.1 Å². The van der Waals surface area contributed by atoms with Crippen LogP contribution >= 0.6 is 0 Å². The van der Waals surface area contributed by atoms with Gasteiger partial charge in [0.25, 0.3) is 5.91 Å². The van der Waals surface area contributed by atoms with Crippen LogP contribution in [0.3, 0.4) is 0 Å². The van der Waals surface area contributed by atoms with Gasteiger partial charge >= 0.3 is 0 Å². The van der Waals surface area contributed by atoms with Gasteiger partial charge < -0.3 is 15.9 Å². The third-order valence-corrected chi connectivity index (χ3v) is 3.06. The summed E-state index contributed by atoms with van der Waals surface area (Å²) >= 11 is 0. The Balaban J connectivity index is 2.21. The van der Waals surface area contributed by atoms with E-state index in [0.717, 1.165) is 11.1 Å². The fourth-order valence-electron chi connectivity index (χ4n) is 2.11. The van der Waals surface area contributed by atoms with Crippen LogP contribution in [0.15, 0.2) is 52.9 Å². The highest BCUT2D eigenvalue weighted by atomic mass is 16.3. The number of carbonyl (C=O) groups excluding carboxylic acids is 1. The topological polar surface area (TPSA) is 82.2 Å². The molecule has 94 valence electrons. The van der Waals surface area contributed by atoms with Crippen LogP contribution in [0.1, 0.15) is 10.6 Å². The molecule has 0 aliphatic rings. The highest BCUT2D eigenvalue weighted by Gasteiger charge is 2.16. The predicted molar refractivity (Wildman–Crippen MR) is 74.6 cm³/mol. The molecule has 3 aromatic rings. The van der Waals surface area contributed by atoms with Crippen molar-refractivity contribution in [1.82, 2.24) is 0 Å². The van der Waals surface area contributed by atoms with Crippen LogP contribution in [0, 0.1) is 0 Å². The summed E-state index contributed by atoms with van der Waals surface area (Å²) in [6.07, 6.45) is 0. The van der Waals surface area contributed by atoms with Crippen LogP contribution in [0.4, 0.5) is 5.69 Å². The highest BCUT2D eigenvalue weighted by molar-refractivity contribution is 6.05. The number of amides is 1. The summed E-state index contributed by atoms with van der Waals surface area (Å²) in [5, 5.41) is 0.704. The van der Waals surface area contributed by atoms with Crippen LogP contribution < -0.4 is 11.5 Å². The molecule has 4 heteroatoms. The summed E-state index contributed by atoms with van der Waals surface area (Å²) in [5.74, 6) is -0.643. The van der Waals surface area contributed by atoms with Crippen LogP contribution in [-0.2, 0) is 0 Å². The lowest BCUT2D eigenvalue weighted by atomic mass is 10.0. The van der Waals surface area contributed by atoms with Gasteiger partial charge in [0.15, 0.2) is 0 Å². The molecule has 3 rings (SSSR count). The second-order valence-corrected chi connectivity index (χ2v) is 4.29. The standard InChI is InChI=1S/C15H12N2O2/c16-13-11-8-10(9-4-2-1-3-5-9)6-7-12(11)19-14(13)15(17)18/h1-8H,16H2,(H2,17,18). The number of nitrogens with two attached hydrogens (primary N) is 2. The fourth-order valence-corrected chi connectivity index (χ4v) is 2.11. The molecule has 4 nitrogen and oxygen atoms in total. The van der Waals surface area contributed by atoms with E-state index in [1.807, 2.05) is 42.5 Å². The van der Waals surface area contributed by atoms with Gasteiger partial charge in [0.1, 0.15) is 5.58 Å². The third kappa shape index (κ3) is 1.83. The summed E-state index contributed by atoms with van der Waals surface area (Å²) in [6, 6.07) is 15.5. The smallest absolute Gasteiger partial charge is 0.286 e. The molecule has 0 saturated carbocycles. The zero-order valence-corrected chi connectivity index (χ0v) is 10.1. The first-order chi connectivity index (χ1) is 9.16. The molecule has 0 radical (unpaired) electrons. The van der Waals surface area contributed by atoms with Crippen molar-refractivity contribution in [2.75, 3.05) is 5.73 Å². The van der Waals surface area contributed by atoms with Crippen molar-refractivity contribution in [2.24, 2.45) is 5.73 Å². The molecule has 0 spiro atoms. The first kappa shape index (κ1) is 11.3. The van der Waals surface area contributed by atoms with E-state index in [9.17, 15) is 4.79 Å². The second-order valence-electron chi connectivity index (χ2n) is 4.29. The maximum Gasteiger partial charge on any atom is 0.286 e. The van der Waals surface area contributed by atoms with E-state index in [1.54, 1.807) is 6.07 Å². The van der Waals surface area contributed by atoms with Crippen LogP contribution in [0.2, 0.25) is 0 Å². The molecule has 0 aliphatic heterocycles. The molecule has 4 N–H and O–H groups in total. The van der Waals surface area contributed by atoms with Crippen molar-refractivity contribution in [2.45, 2.75) is 0 Å². The van der Waals surface area contributed by atoms with Gasteiger partial charge in [-0.15, -0.1) is 0 Å².